The predicted octanol–water partition coefficient (Wildman–Crippen LogP) is 0.829. The molecule has 1 fully saturated rings. The topological polar surface area (TPSA) is 149 Å². The summed E-state index contributed by atoms with van der Waals surface area (Å²) in [7, 11) is -0.721. The average Bonchev–Trinajstić information content (AvgIpc) is 3.64. The van der Waals surface area contributed by atoms with Crippen molar-refractivity contribution in [3.05, 3.63) is 69.4 Å². The molecular weight excluding hydrogens is 574 g/mol. The van der Waals surface area contributed by atoms with Gasteiger partial charge >= 0.3 is 0 Å². The third-order valence-electron chi connectivity index (χ3n) is 8.70. The van der Waals surface area contributed by atoms with E-state index in [1.165, 1.54) is 19.8 Å². The summed E-state index contributed by atoms with van der Waals surface area (Å²) in [6.07, 6.45) is 6.65. The predicted molar refractivity (Wildman–Crippen MR) is 155 cm³/mol. The molecule has 1 N–H and O–H groups in total. The number of pyridine rings is 1. The number of hydrogen-bond acceptors (Lipinski definition) is 8. The number of nitrogens with one attached hydrogen (secondary N) is 1. The SMILES string of the molecule is COc1ccc(S(=O)(=O)N2C[C@@H]3CC(=O)NCCN(C)C(=O)c4cccn(c4=O)Cc4cn(nn4)[C@@H]3C2)c2c1CCCC2. The van der Waals surface area contributed by atoms with Crippen molar-refractivity contribution in [3.8, 4) is 5.75 Å². The first-order valence-corrected chi connectivity index (χ1v) is 15.9. The number of nitrogens with zero attached hydrogens (tertiary/aromatic N) is 6. The minimum absolute atomic E-state index is 0.0215. The van der Waals surface area contributed by atoms with Crippen LogP contribution in [0, 0.1) is 5.92 Å². The lowest BCUT2D eigenvalue weighted by Gasteiger charge is -2.24. The van der Waals surface area contributed by atoms with Gasteiger partial charge in [-0.3, -0.25) is 14.4 Å². The van der Waals surface area contributed by atoms with Crippen LogP contribution in [0.25, 0.3) is 0 Å². The number of likely N-dealkylation sites (N-methyl/N-ethyl adjacent to an activating group) is 1. The Morgan fingerprint density at radius 2 is 1.84 bits per heavy atom. The molecule has 1 saturated heterocycles. The van der Waals surface area contributed by atoms with E-state index in [4.69, 9.17) is 4.74 Å². The average molecular weight is 610 g/mol. The van der Waals surface area contributed by atoms with Crippen LogP contribution < -0.4 is 15.6 Å². The Balaban J connectivity index is 1.34. The van der Waals surface area contributed by atoms with Gasteiger partial charge in [0.2, 0.25) is 15.9 Å². The zero-order valence-corrected chi connectivity index (χ0v) is 25.0. The van der Waals surface area contributed by atoms with Gasteiger partial charge in [0.15, 0.2) is 0 Å². The molecule has 1 aromatic carbocycles. The Hall–Kier alpha value is -4.04. The summed E-state index contributed by atoms with van der Waals surface area (Å²) in [6, 6.07) is 6.02. The maximum absolute atomic E-state index is 14.1. The van der Waals surface area contributed by atoms with Gasteiger partial charge in [0.25, 0.3) is 11.5 Å². The molecule has 2 atom stereocenters. The van der Waals surface area contributed by atoms with Gasteiger partial charge in [0.05, 0.1) is 30.8 Å². The van der Waals surface area contributed by atoms with Gasteiger partial charge in [-0.1, -0.05) is 5.21 Å². The highest BCUT2D eigenvalue weighted by Crippen LogP contribution is 2.39. The van der Waals surface area contributed by atoms with Gasteiger partial charge in [-0.2, -0.15) is 4.31 Å². The normalized spacial score (nSPS) is 21.7. The first-order chi connectivity index (χ1) is 20.7. The molecule has 4 bridgehead atoms. The first kappa shape index (κ1) is 29.1. The molecule has 228 valence electrons. The summed E-state index contributed by atoms with van der Waals surface area (Å²) in [5, 5.41) is 11.4. The van der Waals surface area contributed by atoms with Crippen LogP contribution in [0.1, 0.15) is 52.5 Å². The number of methoxy groups -OCH3 is 1. The molecule has 43 heavy (non-hydrogen) atoms. The summed E-state index contributed by atoms with van der Waals surface area (Å²) in [5.74, 6) is -0.372. The van der Waals surface area contributed by atoms with Crippen molar-refractivity contribution in [3.63, 3.8) is 0 Å². The summed E-state index contributed by atoms with van der Waals surface area (Å²) in [5.41, 5.74) is 1.80. The molecule has 2 amide bonds. The second-order valence-corrected chi connectivity index (χ2v) is 13.3. The molecule has 3 aliphatic rings. The van der Waals surface area contributed by atoms with Crippen molar-refractivity contribution in [1.82, 2.24) is 34.1 Å². The number of amides is 2. The molecular formula is C29H35N7O6S. The second-order valence-electron chi connectivity index (χ2n) is 11.4. The zero-order valence-electron chi connectivity index (χ0n) is 24.2. The number of benzene rings is 1. The van der Waals surface area contributed by atoms with Crippen LogP contribution in [0.3, 0.4) is 0 Å². The molecule has 2 aromatic heterocycles. The summed E-state index contributed by atoms with van der Waals surface area (Å²) < 4.78 is 38.3. The van der Waals surface area contributed by atoms with Crippen LogP contribution in [-0.4, -0.2) is 89.3 Å². The van der Waals surface area contributed by atoms with Gasteiger partial charge < -0.3 is 19.5 Å². The van der Waals surface area contributed by atoms with E-state index in [2.05, 4.69) is 15.6 Å². The van der Waals surface area contributed by atoms with E-state index in [0.29, 0.717) is 17.9 Å². The summed E-state index contributed by atoms with van der Waals surface area (Å²) >= 11 is 0. The van der Waals surface area contributed by atoms with Crippen molar-refractivity contribution in [2.75, 3.05) is 40.3 Å². The number of fused-ring (bicyclic) bond motifs is 7. The third-order valence-corrected chi connectivity index (χ3v) is 10.6. The lowest BCUT2D eigenvalue weighted by Crippen LogP contribution is -2.39. The fourth-order valence-electron chi connectivity index (χ4n) is 6.41. The van der Waals surface area contributed by atoms with Gasteiger partial charge in [0.1, 0.15) is 17.0 Å². The second kappa shape index (κ2) is 11.6. The van der Waals surface area contributed by atoms with Crippen molar-refractivity contribution in [2.24, 2.45) is 5.92 Å². The van der Waals surface area contributed by atoms with E-state index in [0.717, 1.165) is 30.4 Å². The zero-order chi connectivity index (χ0) is 30.3. The third kappa shape index (κ3) is 5.44. The summed E-state index contributed by atoms with van der Waals surface area (Å²) in [4.78, 5) is 40.8. The molecule has 0 radical (unpaired) electrons. The van der Waals surface area contributed by atoms with Crippen LogP contribution in [-0.2, 0) is 34.2 Å². The molecule has 0 saturated carbocycles. The molecule has 0 unspecified atom stereocenters. The Morgan fingerprint density at radius 1 is 1.05 bits per heavy atom. The van der Waals surface area contributed by atoms with E-state index in [1.54, 1.807) is 49.4 Å². The van der Waals surface area contributed by atoms with Crippen LogP contribution in [0.4, 0.5) is 0 Å². The minimum atomic E-state index is -3.89. The molecule has 14 heteroatoms. The fraction of sp³-hybridized carbons (Fsp3) is 0.483. The Kier molecular flexibility index (Phi) is 7.81. The minimum Gasteiger partial charge on any atom is -0.496 e. The number of hydrogen-bond donors (Lipinski definition) is 1. The Bertz CT molecular complexity index is 1730. The van der Waals surface area contributed by atoms with Crippen molar-refractivity contribution >= 4 is 21.8 Å². The molecule has 0 spiro atoms. The fourth-order valence-corrected chi connectivity index (χ4v) is 8.20. The molecule has 4 heterocycles. The number of rotatable bonds is 3. The summed E-state index contributed by atoms with van der Waals surface area (Å²) in [6.45, 7) is 0.736. The quantitative estimate of drug-likeness (QED) is 0.459. The standard InChI is InChI=1S/C29H35N7O6S/c1-33-13-11-30-27(37)14-19-15-35(43(40,41)26-10-9-25(42-2)21-6-3-4-7-22(21)26)18-24(19)36-17-20(31-32-36)16-34-12-5-8-23(28(33)38)29(34)39/h5,8-10,12,17,19,24H,3-4,6-7,11,13-16,18H2,1-2H3,(H,30,37)/t19-,24+/m0/s1. The molecule has 3 aromatic rings. The van der Waals surface area contributed by atoms with Gasteiger partial charge in [-0.25, -0.2) is 13.1 Å². The molecule has 13 nitrogen and oxygen atoms in total. The number of aromatic nitrogens is 4. The van der Waals surface area contributed by atoms with Gasteiger partial charge in [0, 0.05) is 51.8 Å². The molecule has 2 aliphatic heterocycles. The van der Waals surface area contributed by atoms with Gasteiger partial charge in [-0.15, -0.1) is 5.10 Å². The van der Waals surface area contributed by atoms with Crippen molar-refractivity contribution in [2.45, 2.75) is 49.6 Å². The maximum atomic E-state index is 14.1. The number of ether oxygens (including phenoxy) is 1. The van der Waals surface area contributed by atoms with Crippen molar-refractivity contribution < 1.29 is 22.7 Å². The molecule has 1 aliphatic carbocycles. The van der Waals surface area contributed by atoms with Crippen molar-refractivity contribution in [1.29, 1.82) is 0 Å². The highest BCUT2D eigenvalue weighted by atomic mass is 32.2. The largest absolute Gasteiger partial charge is 0.496 e. The number of sulfonamides is 1. The van der Waals surface area contributed by atoms with E-state index in [9.17, 15) is 22.8 Å². The van der Waals surface area contributed by atoms with E-state index in [-0.39, 0.29) is 61.4 Å². The lowest BCUT2D eigenvalue weighted by molar-refractivity contribution is -0.122. The highest BCUT2D eigenvalue weighted by molar-refractivity contribution is 7.89. The van der Waals surface area contributed by atoms with Crippen LogP contribution in [0.2, 0.25) is 0 Å². The van der Waals surface area contributed by atoms with Crippen LogP contribution in [0.5, 0.6) is 5.75 Å². The lowest BCUT2D eigenvalue weighted by atomic mass is 9.91. The van der Waals surface area contributed by atoms with E-state index < -0.39 is 27.5 Å². The highest BCUT2D eigenvalue weighted by Gasteiger charge is 2.43. The smallest absolute Gasteiger partial charge is 0.263 e. The Labute approximate surface area is 249 Å². The number of carbonyl (C=O) groups is 2. The van der Waals surface area contributed by atoms with E-state index in [1.807, 2.05) is 0 Å². The molecule has 6 rings (SSSR count). The van der Waals surface area contributed by atoms with Crippen LogP contribution >= 0.6 is 0 Å². The monoisotopic (exact) mass is 609 g/mol. The van der Waals surface area contributed by atoms with E-state index >= 15 is 0 Å². The van der Waals surface area contributed by atoms with Crippen LogP contribution in [0.15, 0.2) is 46.3 Å². The Morgan fingerprint density at radius 3 is 2.63 bits per heavy atom. The number of carbonyl (C=O) groups excluding carboxylic acids is 2. The first-order valence-electron chi connectivity index (χ1n) is 14.5. The maximum Gasteiger partial charge on any atom is 0.263 e. The van der Waals surface area contributed by atoms with Gasteiger partial charge in [-0.05, 0) is 61.1 Å².